The van der Waals surface area contributed by atoms with E-state index >= 15 is 0 Å². The summed E-state index contributed by atoms with van der Waals surface area (Å²) >= 11 is 0. The van der Waals surface area contributed by atoms with Gasteiger partial charge >= 0.3 is 0 Å². The Morgan fingerprint density at radius 1 is 1.24 bits per heavy atom. The van der Waals surface area contributed by atoms with Gasteiger partial charge in [-0.25, -0.2) is 0 Å². The molecule has 5 nitrogen and oxygen atoms in total. The van der Waals surface area contributed by atoms with Crippen LogP contribution in [0.1, 0.15) is 21.5 Å². The minimum absolute atomic E-state index is 0.0636. The van der Waals surface area contributed by atoms with Crippen molar-refractivity contribution in [2.75, 3.05) is 11.4 Å². The van der Waals surface area contributed by atoms with E-state index in [4.69, 9.17) is 0 Å². The van der Waals surface area contributed by atoms with Crippen LogP contribution in [0.15, 0.2) is 42.5 Å². The van der Waals surface area contributed by atoms with Gasteiger partial charge in [-0.05, 0) is 37.1 Å². The molecule has 2 aromatic rings. The molecule has 0 spiro atoms. The lowest BCUT2D eigenvalue weighted by Gasteiger charge is -2.17. The molecule has 1 aliphatic heterocycles. The summed E-state index contributed by atoms with van der Waals surface area (Å²) in [5.41, 5.74) is 3.36. The average molecular weight is 282 g/mol. The van der Waals surface area contributed by atoms with E-state index in [0.717, 1.165) is 16.8 Å². The Morgan fingerprint density at radius 2 is 2.05 bits per heavy atom. The quantitative estimate of drug-likeness (QED) is 0.628. The maximum Gasteiger partial charge on any atom is 0.269 e. The number of benzene rings is 2. The number of aryl methyl sites for hydroxylation is 1. The summed E-state index contributed by atoms with van der Waals surface area (Å²) in [7, 11) is 0. The molecule has 1 aliphatic rings. The number of hydrogen-bond donors (Lipinski definition) is 0. The first-order chi connectivity index (χ1) is 10.1. The second-order valence-corrected chi connectivity index (χ2v) is 5.15. The topological polar surface area (TPSA) is 63.5 Å². The zero-order chi connectivity index (χ0) is 15.0. The Bertz CT molecular complexity index is 740. The fourth-order valence-corrected chi connectivity index (χ4v) is 2.65. The molecule has 0 saturated heterocycles. The second kappa shape index (κ2) is 5.01. The number of carbonyl (C=O) groups excluding carboxylic acids is 1. The highest BCUT2D eigenvalue weighted by Crippen LogP contribution is 2.32. The molecule has 0 saturated carbocycles. The SMILES string of the molecule is Cc1cccc(C(=O)N2CCc3cc([N+](=O)[O-])ccc32)c1. The van der Waals surface area contributed by atoms with Gasteiger partial charge in [-0.1, -0.05) is 17.7 Å². The highest BCUT2D eigenvalue weighted by Gasteiger charge is 2.27. The first kappa shape index (κ1) is 13.3. The van der Waals surface area contributed by atoms with E-state index in [1.54, 1.807) is 23.1 Å². The normalized spacial score (nSPS) is 13.1. The van der Waals surface area contributed by atoms with E-state index in [9.17, 15) is 14.9 Å². The van der Waals surface area contributed by atoms with E-state index in [1.165, 1.54) is 6.07 Å². The molecule has 0 bridgehead atoms. The average Bonchev–Trinajstić information content (AvgIpc) is 2.89. The first-order valence-corrected chi connectivity index (χ1v) is 6.72. The summed E-state index contributed by atoms with van der Waals surface area (Å²) in [6.07, 6.45) is 0.647. The molecule has 2 aromatic carbocycles. The van der Waals surface area contributed by atoms with Crippen LogP contribution in [0.25, 0.3) is 0 Å². The number of non-ortho nitro benzene ring substituents is 1. The van der Waals surface area contributed by atoms with Gasteiger partial charge in [-0.2, -0.15) is 0 Å². The summed E-state index contributed by atoms with van der Waals surface area (Å²) in [6.45, 7) is 2.50. The van der Waals surface area contributed by atoms with Crippen molar-refractivity contribution in [2.24, 2.45) is 0 Å². The largest absolute Gasteiger partial charge is 0.308 e. The number of amides is 1. The van der Waals surface area contributed by atoms with Gasteiger partial charge in [-0.15, -0.1) is 0 Å². The van der Waals surface area contributed by atoms with Gasteiger partial charge in [0.05, 0.1) is 4.92 Å². The minimum atomic E-state index is -0.411. The van der Waals surface area contributed by atoms with E-state index in [0.29, 0.717) is 18.5 Å². The van der Waals surface area contributed by atoms with Crippen molar-refractivity contribution in [3.8, 4) is 0 Å². The van der Waals surface area contributed by atoms with Crippen LogP contribution in [0.4, 0.5) is 11.4 Å². The summed E-state index contributed by atoms with van der Waals surface area (Å²) < 4.78 is 0. The third kappa shape index (κ3) is 2.38. The number of fused-ring (bicyclic) bond motifs is 1. The van der Waals surface area contributed by atoms with Crippen LogP contribution in [0.3, 0.4) is 0 Å². The Morgan fingerprint density at radius 3 is 2.76 bits per heavy atom. The lowest BCUT2D eigenvalue weighted by molar-refractivity contribution is -0.384. The van der Waals surface area contributed by atoms with Crippen LogP contribution in [-0.4, -0.2) is 17.4 Å². The van der Waals surface area contributed by atoms with Gasteiger partial charge in [-0.3, -0.25) is 14.9 Å². The van der Waals surface area contributed by atoms with Crippen LogP contribution in [0.5, 0.6) is 0 Å². The van der Waals surface area contributed by atoms with Crippen molar-refractivity contribution in [1.82, 2.24) is 0 Å². The number of hydrogen-bond acceptors (Lipinski definition) is 3. The third-order valence-electron chi connectivity index (χ3n) is 3.68. The van der Waals surface area contributed by atoms with Crippen molar-refractivity contribution >= 4 is 17.3 Å². The molecule has 5 heteroatoms. The fraction of sp³-hybridized carbons (Fsp3) is 0.188. The Labute approximate surface area is 122 Å². The molecule has 0 radical (unpaired) electrons. The number of nitro benzene ring substituents is 1. The fourth-order valence-electron chi connectivity index (χ4n) is 2.65. The van der Waals surface area contributed by atoms with Crippen LogP contribution in [0.2, 0.25) is 0 Å². The van der Waals surface area contributed by atoms with Gasteiger partial charge in [0.15, 0.2) is 0 Å². The third-order valence-corrected chi connectivity index (χ3v) is 3.68. The van der Waals surface area contributed by atoms with Crippen LogP contribution < -0.4 is 4.90 Å². The summed E-state index contributed by atoms with van der Waals surface area (Å²) in [4.78, 5) is 24.6. The predicted molar refractivity (Wildman–Crippen MR) is 79.7 cm³/mol. The zero-order valence-electron chi connectivity index (χ0n) is 11.6. The maximum atomic E-state index is 12.6. The van der Waals surface area contributed by atoms with E-state index in [-0.39, 0.29) is 11.6 Å². The molecule has 21 heavy (non-hydrogen) atoms. The Kier molecular flexibility index (Phi) is 3.17. The molecule has 0 aliphatic carbocycles. The summed E-state index contributed by atoms with van der Waals surface area (Å²) in [5.74, 6) is -0.0636. The highest BCUT2D eigenvalue weighted by atomic mass is 16.6. The lowest BCUT2D eigenvalue weighted by Crippen LogP contribution is -2.28. The van der Waals surface area contributed by atoms with Crippen molar-refractivity contribution in [1.29, 1.82) is 0 Å². The molecule has 0 aromatic heterocycles. The molecule has 0 N–H and O–H groups in total. The number of rotatable bonds is 2. The minimum Gasteiger partial charge on any atom is -0.308 e. The van der Waals surface area contributed by atoms with Crippen LogP contribution >= 0.6 is 0 Å². The summed E-state index contributed by atoms with van der Waals surface area (Å²) in [5, 5.41) is 10.8. The highest BCUT2D eigenvalue weighted by molar-refractivity contribution is 6.07. The number of nitro groups is 1. The number of anilines is 1. The van der Waals surface area contributed by atoms with E-state index in [1.807, 2.05) is 25.1 Å². The maximum absolute atomic E-state index is 12.6. The van der Waals surface area contributed by atoms with Gasteiger partial charge < -0.3 is 4.90 Å². The zero-order valence-corrected chi connectivity index (χ0v) is 11.6. The first-order valence-electron chi connectivity index (χ1n) is 6.72. The number of nitrogens with zero attached hydrogens (tertiary/aromatic N) is 2. The van der Waals surface area contributed by atoms with Crippen LogP contribution in [-0.2, 0) is 6.42 Å². The van der Waals surface area contributed by atoms with Gasteiger partial charge in [0.1, 0.15) is 0 Å². The van der Waals surface area contributed by atoms with Crippen molar-refractivity contribution in [2.45, 2.75) is 13.3 Å². The van der Waals surface area contributed by atoms with Gasteiger partial charge in [0.25, 0.3) is 11.6 Å². The molecular formula is C16H14N2O3. The van der Waals surface area contributed by atoms with E-state index in [2.05, 4.69) is 0 Å². The van der Waals surface area contributed by atoms with Crippen molar-refractivity contribution in [3.63, 3.8) is 0 Å². The lowest BCUT2D eigenvalue weighted by atomic mass is 10.1. The Balaban J connectivity index is 1.94. The molecule has 106 valence electrons. The number of carbonyl (C=O) groups is 1. The van der Waals surface area contributed by atoms with Gasteiger partial charge in [0, 0.05) is 29.9 Å². The molecule has 0 unspecified atom stereocenters. The molecule has 3 rings (SSSR count). The monoisotopic (exact) mass is 282 g/mol. The molecule has 1 heterocycles. The van der Waals surface area contributed by atoms with Crippen molar-refractivity contribution < 1.29 is 9.72 Å². The predicted octanol–water partition coefficient (Wildman–Crippen LogP) is 3.11. The van der Waals surface area contributed by atoms with E-state index < -0.39 is 4.92 Å². The standard InChI is InChI=1S/C16H14N2O3/c1-11-3-2-4-13(9-11)16(19)17-8-7-12-10-14(18(20)21)5-6-15(12)17/h2-6,9-10H,7-8H2,1H3. The molecule has 0 fully saturated rings. The molecule has 0 atom stereocenters. The Hall–Kier alpha value is -2.69. The second-order valence-electron chi connectivity index (χ2n) is 5.15. The summed E-state index contributed by atoms with van der Waals surface area (Å²) in [6, 6.07) is 12.1. The van der Waals surface area contributed by atoms with Gasteiger partial charge in [0.2, 0.25) is 0 Å². The molecule has 1 amide bonds. The molecular weight excluding hydrogens is 268 g/mol. The van der Waals surface area contributed by atoms with Crippen molar-refractivity contribution in [3.05, 3.63) is 69.3 Å². The smallest absolute Gasteiger partial charge is 0.269 e. The van der Waals surface area contributed by atoms with Crippen LogP contribution in [0, 0.1) is 17.0 Å².